The van der Waals surface area contributed by atoms with Crippen molar-refractivity contribution in [1.82, 2.24) is 14.9 Å². The van der Waals surface area contributed by atoms with Gasteiger partial charge in [-0.25, -0.2) is 4.98 Å². The first-order valence-electron chi connectivity index (χ1n) is 9.56. The molecular weight excluding hydrogens is 449 g/mol. The Morgan fingerprint density at radius 2 is 1.91 bits per heavy atom. The number of aromatic nitrogens is 2. The normalized spacial score (nSPS) is 14.2. The molecule has 0 atom stereocenters. The van der Waals surface area contributed by atoms with Crippen LogP contribution in [-0.4, -0.2) is 26.3 Å². The van der Waals surface area contributed by atoms with E-state index in [-0.39, 0.29) is 17.1 Å². The van der Waals surface area contributed by atoms with Crippen LogP contribution in [-0.2, 0) is 25.7 Å². The Morgan fingerprint density at radius 1 is 1.19 bits per heavy atom. The number of hydrogen-bond donors (Lipinski definition) is 1. The van der Waals surface area contributed by atoms with Crippen molar-refractivity contribution in [3.63, 3.8) is 0 Å². The minimum absolute atomic E-state index is 0.0685. The van der Waals surface area contributed by atoms with Crippen LogP contribution in [0, 0.1) is 10.1 Å². The topological polar surface area (TPSA) is 92.1 Å². The van der Waals surface area contributed by atoms with Crippen molar-refractivity contribution < 1.29 is 18.1 Å². The van der Waals surface area contributed by atoms with Gasteiger partial charge >= 0.3 is 6.18 Å². The largest absolute Gasteiger partial charge is 0.416 e. The Kier molecular flexibility index (Phi) is 5.74. The van der Waals surface area contributed by atoms with E-state index in [2.05, 4.69) is 9.97 Å². The summed E-state index contributed by atoms with van der Waals surface area (Å²) in [6, 6.07) is 8.61. The van der Waals surface area contributed by atoms with Gasteiger partial charge < -0.3 is 4.98 Å². The molecule has 7 nitrogen and oxygen atoms in total. The second kappa shape index (κ2) is 8.36. The van der Waals surface area contributed by atoms with Crippen molar-refractivity contribution in [2.24, 2.45) is 0 Å². The first-order chi connectivity index (χ1) is 15.1. The van der Waals surface area contributed by atoms with Crippen molar-refractivity contribution in [3.8, 4) is 11.4 Å². The van der Waals surface area contributed by atoms with Crippen LogP contribution in [0.15, 0.2) is 47.3 Å². The summed E-state index contributed by atoms with van der Waals surface area (Å²) in [4.78, 5) is 32.2. The highest BCUT2D eigenvalue weighted by atomic mass is 35.5. The monoisotopic (exact) mass is 464 g/mol. The van der Waals surface area contributed by atoms with Gasteiger partial charge in [0.2, 0.25) is 0 Å². The summed E-state index contributed by atoms with van der Waals surface area (Å²) in [6.45, 7) is 1.15. The number of nitro benzene ring substituents is 1. The number of nitrogens with one attached hydrogen (secondary N) is 1. The fraction of sp³-hybridized carbons (Fsp3) is 0.238. The number of halogens is 4. The predicted octanol–water partition coefficient (Wildman–Crippen LogP) is 4.58. The van der Waals surface area contributed by atoms with Gasteiger partial charge in [0.15, 0.2) is 0 Å². The van der Waals surface area contributed by atoms with Crippen molar-refractivity contribution in [3.05, 3.63) is 90.3 Å². The summed E-state index contributed by atoms with van der Waals surface area (Å²) < 4.78 is 38.4. The molecule has 0 saturated carbocycles. The molecule has 0 saturated heterocycles. The number of non-ortho nitro benzene ring substituents is 1. The third kappa shape index (κ3) is 4.51. The van der Waals surface area contributed by atoms with E-state index in [0.717, 1.165) is 12.1 Å². The highest BCUT2D eigenvalue weighted by Crippen LogP contribution is 2.31. The van der Waals surface area contributed by atoms with Gasteiger partial charge in [-0.1, -0.05) is 23.7 Å². The van der Waals surface area contributed by atoms with E-state index in [9.17, 15) is 28.1 Å². The number of H-pyrrole nitrogens is 1. The van der Waals surface area contributed by atoms with Crippen LogP contribution < -0.4 is 5.56 Å². The van der Waals surface area contributed by atoms with Crippen LogP contribution >= 0.6 is 11.6 Å². The van der Waals surface area contributed by atoms with E-state index in [0.29, 0.717) is 53.5 Å². The Balaban J connectivity index is 1.60. The number of benzene rings is 2. The highest BCUT2D eigenvalue weighted by molar-refractivity contribution is 6.31. The lowest BCUT2D eigenvalue weighted by atomic mass is 10.0. The Bertz CT molecular complexity index is 1240. The first kappa shape index (κ1) is 22.0. The minimum atomic E-state index is -4.45. The van der Waals surface area contributed by atoms with Gasteiger partial charge in [-0.3, -0.25) is 19.8 Å². The Morgan fingerprint density at radius 3 is 2.56 bits per heavy atom. The SMILES string of the molecule is O=c1[nH]c(-c2ccc(C(F)(F)F)cc2)nc2c1CCN(Cc1cc([N+](=O)[O-])ccc1Cl)C2. The zero-order valence-electron chi connectivity index (χ0n) is 16.4. The van der Waals surface area contributed by atoms with Gasteiger partial charge in [-0.2, -0.15) is 13.2 Å². The van der Waals surface area contributed by atoms with Crippen molar-refractivity contribution in [2.45, 2.75) is 25.7 Å². The van der Waals surface area contributed by atoms with E-state index in [4.69, 9.17) is 11.6 Å². The summed E-state index contributed by atoms with van der Waals surface area (Å²) in [5.74, 6) is 0.178. The molecule has 1 aliphatic rings. The number of aromatic amines is 1. The Hall–Kier alpha value is -3.24. The van der Waals surface area contributed by atoms with Crippen molar-refractivity contribution in [2.75, 3.05) is 6.54 Å². The van der Waals surface area contributed by atoms with Crippen molar-refractivity contribution in [1.29, 1.82) is 0 Å². The zero-order chi connectivity index (χ0) is 23.0. The summed E-state index contributed by atoms with van der Waals surface area (Å²) in [6.07, 6.45) is -4.04. The van der Waals surface area contributed by atoms with E-state index in [1.54, 1.807) is 0 Å². The molecule has 0 amide bonds. The van der Waals surface area contributed by atoms with E-state index >= 15 is 0 Å². The molecule has 0 fully saturated rings. The smallest absolute Gasteiger partial charge is 0.306 e. The van der Waals surface area contributed by atoms with Crippen LogP contribution in [0.2, 0.25) is 5.02 Å². The zero-order valence-corrected chi connectivity index (χ0v) is 17.2. The quantitative estimate of drug-likeness (QED) is 0.451. The number of alkyl halides is 3. The number of nitrogens with zero attached hydrogens (tertiary/aromatic N) is 3. The fourth-order valence-electron chi connectivity index (χ4n) is 3.62. The molecule has 0 aliphatic carbocycles. The standard InChI is InChI=1S/C21H16ClF3N4O3/c22-17-6-5-15(29(31)32)9-13(17)10-28-8-7-16-18(11-28)26-19(27-20(16)30)12-1-3-14(4-2-12)21(23,24)25/h1-6,9H,7-8,10-11H2,(H,26,27,30). The number of rotatable bonds is 4. The summed E-state index contributed by atoms with van der Waals surface area (Å²) >= 11 is 6.20. The summed E-state index contributed by atoms with van der Waals surface area (Å²) in [7, 11) is 0. The summed E-state index contributed by atoms with van der Waals surface area (Å²) in [5, 5.41) is 11.4. The average molecular weight is 465 g/mol. The maximum absolute atomic E-state index is 12.8. The molecule has 166 valence electrons. The molecule has 0 unspecified atom stereocenters. The van der Waals surface area contributed by atoms with Gasteiger partial charge in [0.05, 0.1) is 16.2 Å². The molecular formula is C21H16ClF3N4O3. The van der Waals surface area contributed by atoms with Crippen LogP contribution in [0.25, 0.3) is 11.4 Å². The first-order valence-corrected chi connectivity index (χ1v) is 9.94. The second-order valence-corrected chi connectivity index (χ2v) is 7.82. The van der Waals surface area contributed by atoms with Crippen molar-refractivity contribution >= 4 is 17.3 Å². The molecule has 2 aromatic carbocycles. The molecule has 32 heavy (non-hydrogen) atoms. The molecule has 1 aliphatic heterocycles. The van der Waals surface area contributed by atoms with Crippen LogP contribution in [0.3, 0.4) is 0 Å². The lowest BCUT2D eigenvalue weighted by Gasteiger charge is -2.28. The molecule has 0 spiro atoms. The Labute approximate surface area is 184 Å². The molecule has 11 heteroatoms. The molecule has 4 rings (SSSR count). The lowest BCUT2D eigenvalue weighted by Crippen LogP contribution is -2.35. The summed E-state index contributed by atoms with van der Waals surface area (Å²) in [5.41, 5.74) is 0.771. The maximum atomic E-state index is 12.8. The van der Waals surface area contributed by atoms with E-state index < -0.39 is 16.7 Å². The van der Waals surface area contributed by atoms with Gasteiger partial charge in [0, 0.05) is 47.9 Å². The highest BCUT2D eigenvalue weighted by Gasteiger charge is 2.30. The molecule has 0 radical (unpaired) electrons. The van der Waals surface area contributed by atoms with Crippen LogP contribution in [0.4, 0.5) is 18.9 Å². The van der Waals surface area contributed by atoms with Gasteiger partial charge in [0.1, 0.15) is 5.82 Å². The number of fused-ring (bicyclic) bond motifs is 1. The predicted molar refractivity (Wildman–Crippen MR) is 111 cm³/mol. The van der Waals surface area contributed by atoms with Gasteiger partial charge in [0.25, 0.3) is 11.2 Å². The van der Waals surface area contributed by atoms with Gasteiger partial charge in [-0.05, 0) is 30.2 Å². The maximum Gasteiger partial charge on any atom is 0.416 e. The van der Waals surface area contributed by atoms with Gasteiger partial charge in [-0.15, -0.1) is 0 Å². The second-order valence-electron chi connectivity index (χ2n) is 7.41. The van der Waals surface area contributed by atoms with Crippen LogP contribution in [0.5, 0.6) is 0 Å². The lowest BCUT2D eigenvalue weighted by molar-refractivity contribution is -0.384. The van der Waals surface area contributed by atoms with E-state index in [1.807, 2.05) is 4.90 Å². The molecule has 2 heterocycles. The third-order valence-electron chi connectivity index (χ3n) is 5.27. The molecule has 3 aromatic rings. The van der Waals surface area contributed by atoms with Crippen LogP contribution in [0.1, 0.15) is 22.4 Å². The number of nitro groups is 1. The average Bonchev–Trinajstić information content (AvgIpc) is 2.74. The third-order valence-corrected chi connectivity index (χ3v) is 5.64. The minimum Gasteiger partial charge on any atom is -0.306 e. The number of hydrogen-bond acceptors (Lipinski definition) is 5. The molecule has 1 aromatic heterocycles. The van der Waals surface area contributed by atoms with E-state index in [1.165, 1.54) is 30.3 Å². The molecule has 0 bridgehead atoms. The molecule has 1 N–H and O–H groups in total. The fourth-order valence-corrected chi connectivity index (χ4v) is 3.80.